The molecule has 41 heavy (non-hydrogen) atoms. The third kappa shape index (κ3) is 5.40. The summed E-state index contributed by atoms with van der Waals surface area (Å²) in [6.45, 7) is 1.69. The van der Waals surface area contributed by atoms with Crippen LogP contribution < -0.4 is 15.4 Å². The number of carbonyl (C=O) groups is 2. The van der Waals surface area contributed by atoms with Crippen LogP contribution in [-0.2, 0) is 20.9 Å². The lowest BCUT2D eigenvalue weighted by atomic mass is 9.95. The van der Waals surface area contributed by atoms with E-state index in [1.165, 1.54) is 7.11 Å². The lowest BCUT2D eigenvalue weighted by Gasteiger charge is -2.37. The van der Waals surface area contributed by atoms with Gasteiger partial charge >= 0.3 is 6.09 Å². The van der Waals surface area contributed by atoms with Crippen LogP contribution in [0.2, 0.25) is 0 Å². The first-order valence-corrected chi connectivity index (χ1v) is 14.0. The molecule has 3 aromatic carbocycles. The highest BCUT2D eigenvalue weighted by Crippen LogP contribution is 2.48. The Bertz CT molecular complexity index is 1430. The standard InChI is InChI=1S/C32H35N3O6/c1-18(31(37)33-24-12-9-19(17-36)13-28(24)39-3)21-10-11-23(20-7-5-4-6-8-20)25(14-21)34-32(38)40-22-15-26-29-30(41-29)27(16-22)35(26)2/h4-14,18,22,26-27,29-30,36H,15-17H2,1-3H3,(H,33,37)(H,34,38). The highest BCUT2D eigenvalue weighted by atomic mass is 16.6. The lowest BCUT2D eigenvalue weighted by Crippen LogP contribution is -2.48. The number of methoxy groups -OCH3 is 1. The van der Waals surface area contributed by atoms with E-state index < -0.39 is 12.0 Å². The van der Waals surface area contributed by atoms with Crippen molar-refractivity contribution in [1.82, 2.24) is 4.90 Å². The molecule has 0 saturated carbocycles. The molecule has 3 saturated heterocycles. The summed E-state index contributed by atoms with van der Waals surface area (Å²) in [6, 6.07) is 21.1. The number of likely N-dealkylation sites (N-methyl/N-ethyl adjacent to an activating group) is 1. The average Bonchev–Trinajstić information content (AvgIpc) is 3.76. The van der Waals surface area contributed by atoms with Crippen LogP contribution in [0.25, 0.3) is 11.1 Å². The van der Waals surface area contributed by atoms with E-state index in [9.17, 15) is 14.7 Å². The zero-order valence-corrected chi connectivity index (χ0v) is 23.4. The van der Waals surface area contributed by atoms with Crippen LogP contribution in [0.15, 0.2) is 66.7 Å². The number of morpholine rings is 1. The van der Waals surface area contributed by atoms with Gasteiger partial charge in [-0.15, -0.1) is 0 Å². The molecule has 6 rings (SSSR count). The Morgan fingerprint density at radius 3 is 2.41 bits per heavy atom. The van der Waals surface area contributed by atoms with Crippen LogP contribution in [0, 0.1) is 0 Å². The molecule has 3 N–H and O–H groups in total. The third-order valence-corrected chi connectivity index (χ3v) is 8.61. The minimum atomic E-state index is -0.533. The maximum absolute atomic E-state index is 13.3. The van der Waals surface area contributed by atoms with Crippen molar-refractivity contribution in [3.8, 4) is 16.9 Å². The highest BCUT2D eigenvalue weighted by Gasteiger charge is 2.62. The van der Waals surface area contributed by atoms with Crippen LogP contribution in [0.3, 0.4) is 0 Å². The molecule has 3 aliphatic heterocycles. The van der Waals surface area contributed by atoms with Gasteiger partial charge in [-0.2, -0.15) is 0 Å². The second-order valence-corrected chi connectivity index (χ2v) is 11.1. The SMILES string of the molecule is COc1cc(CO)ccc1NC(=O)C(C)c1ccc(-c2ccccc2)c(NC(=O)OC2CC3C4OC4C(C2)N3C)c1. The molecular formula is C32H35N3O6. The Morgan fingerprint density at radius 1 is 1.00 bits per heavy atom. The average molecular weight is 558 g/mol. The summed E-state index contributed by atoms with van der Waals surface area (Å²) >= 11 is 0. The van der Waals surface area contributed by atoms with E-state index in [2.05, 4.69) is 22.6 Å². The van der Waals surface area contributed by atoms with Gasteiger partial charge in [0.2, 0.25) is 5.91 Å². The maximum atomic E-state index is 13.3. The fraction of sp³-hybridized carbons (Fsp3) is 0.375. The summed E-state index contributed by atoms with van der Waals surface area (Å²) in [5, 5.41) is 15.3. The molecule has 214 valence electrons. The molecule has 9 heteroatoms. The molecule has 3 fully saturated rings. The Labute approximate surface area is 239 Å². The summed E-state index contributed by atoms with van der Waals surface area (Å²) in [4.78, 5) is 28.8. The molecule has 0 radical (unpaired) electrons. The minimum Gasteiger partial charge on any atom is -0.495 e. The Morgan fingerprint density at radius 2 is 1.73 bits per heavy atom. The Balaban J connectivity index is 1.20. The predicted octanol–water partition coefficient (Wildman–Crippen LogP) is 4.76. The van der Waals surface area contributed by atoms with Crippen LogP contribution in [0.4, 0.5) is 16.2 Å². The molecule has 3 heterocycles. The normalized spacial score (nSPS) is 25.1. The summed E-state index contributed by atoms with van der Waals surface area (Å²) in [6.07, 6.45) is 1.37. The zero-order valence-electron chi connectivity index (χ0n) is 23.4. The molecular weight excluding hydrogens is 522 g/mol. The summed E-state index contributed by atoms with van der Waals surface area (Å²) in [7, 11) is 3.64. The number of benzene rings is 3. The molecule has 3 aliphatic rings. The van der Waals surface area contributed by atoms with Gasteiger partial charge in [0.15, 0.2) is 0 Å². The van der Waals surface area contributed by atoms with E-state index in [0.717, 1.165) is 29.5 Å². The number of fused-ring (bicyclic) bond motifs is 5. The van der Waals surface area contributed by atoms with Crippen molar-refractivity contribution in [2.45, 2.75) is 62.7 Å². The van der Waals surface area contributed by atoms with Gasteiger partial charge in [-0.3, -0.25) is 15.0 Å². The van der Waals surface area contributed by atoms with E-state index in [-0.39, 0.29) is 42.9 Å². The molecule has 3 aromatic rings. The molecule has 0 spiro atoms. The Hall–Kier alpha value is -3.92. The van der Waals surface area contributed by atoms with Crippen LogP contribution in [0.1, 0.15) is 36.8 Å². The number of amides is 2. The summed E-state index contributed by atoms with van der Waals surface area (Å²) in [5.74, 6) is -0.300. The number of nitrogens with zero attached hydrogens (tertiary/aromatic N) is 1. The first-order valence-electron chi connectivity index (χ1n) is 14.0. The number of epoxide rings is 1. The molecule has 9 nitrogen and oxygen atoms in total. The van der Waals surface area contributed by atoms with Crippen LogP contribution in [0.5, 0.6) is 5.75 Å². The quantitative estimate of drug-likeness (QED) is 0.343. The third-order valence-electron chi connectivity index (χ3n) is 8.61. The largest absolute Gasteiger partial charge is 0.495 e. The number of hydrogen-bond donors (Lipinski definition) is 3. The summed E-state index contributed by atoms with van der Waals surface area (Å²) < 4.78 is 17.1. The van der Waals surface area contributed by atoms with Gasteiger partial charge in [0.05, 0.1) is 31.0 Å². The van der Waals surface area contributed by atoms with Crippen molar-refractivity contribution >= 4 is 23.4 Å². The van der Waals surface area contributed by atoms with Gasteiger partial charge in [0.1, 0.15) is 24.1 Å². The van der Waals surface area contributed by atoms with Gasteiger partial charge in [-0.25, -0.2) is 4.79 Å². The number of nitrogens with one attached hydrogen (secondary N) is 2. The predicted molar refractivity (Wildman–Crippen MR) is 155 cm³/mol. The number of ether oxygens (including phenoxy) is 3. The van der Waals surface area contributed by atoms with Crippen molar-refractivity contribution in [3.05, 3.63) is 77.9 Å². The molecule has 0 aromatic heterocycles. The van der Waals surface area contributed by atoms with Crippen molar-refractivity contribution in [1.29, 1.82) is 0 Å². The smallest absolute Gasteiger partial charge is 0.411 e. The highest BCUT2D eigenvalue weighted by molar-refractivity contribution is 5.98. The van der Waals surface area contributed by atoms with Gasteiger partial charge in [0.25, 0.3) is 0 Å². The van der Waals surface area contributed by atoms with Crippen molar-refractivity contribution in [2.75, 3.05) is 24.8 Å². The van der Waals surface area contributed by atoms with E-state index in [1.54, 1.807) is 18.2 Å². The van der Waals surface area contributed by atoms with Gasteiger partial charge < -0.3 is 24.6 Å². The van der Waals surface area contributed by atoms with Crippen molar-refractivity contribution < 1.29 is 28.9 Å². The number of piperidine rings is 1. The van der Waals surface area contributed by atoms with E-state index >= 15 is 0 Å². The first kappa shape index (κ1) is 27.3. The Kier molecular flexibility index (Phi) is 7.42. The number of aliphatic hydroxyl groups is 1. The zero-order chi connectivity index (χ0) is 28.7. The monoisotopic (exact) mass is 557 g/mol. The molecule has 5 unspecified atom stereocenters. The molecule has 0 aliphatic carbocycles. The molecule has 2 amide bonds. The number of hydrogen-bond acceptors (Lipinski definition) is 7. The number of anilines is 2. The van der Waals surface area contributed by atoms with Crippen molar-refractivity contribution in [3.63, 3.8) is 0 Å². The molecule has 2 bridgehead atoms. The fourth-order valence-corrected chi connectivity index (χ4v) is 6.22. The van der Waals surface area contributed by atoms with Gasteiger partial charge in [0, 0.05) is 30.5 Å². The number of aliphatic hydroxyl groups excluding tert-OH is 1. The van der Waals surface area contributed by atoms with Gasteiger partial charge in [-0.05, 0) is 48.9 Å². The van der Waals surface area contributed by atoms with Crippen molar-refractivity contribution in [2.24, 2.45) is 0 Å². The number of carbonyl (C=O) groups excluding carboxylic acids is 2. The maximum Gasteiger partial charge on any atom is 0.411 e. The van der Waals surface area contributed by atoms with E-state index in [0.29, 0.717) is 22.7 Å². The fourth-order valence-electron chi connectivity index (χ4n) is 6.22. The lowest BCUT2D eigenvalue weighted by molar-refractivity contribution is -0.117. The van der Waals surface area contributed by atoms with Crippen LogP contribution in [-0.4, -0.2) is 66.6 Å². The van der Waals surface area contributed by atoms with E-state index in [1.807, 2.05) is 55.5 Å². The van der Waals surface area contributed by atoms with Crippen LogP contribution >= 0.6 is 0 Å². The number of rotatable bonds is 8. The molecule has 5 atom stereocenters. The van der Waals surface area contributed by atoms with Gasteiger partial charge in [-0.1, -0.05) is 48.5 Å². The minimum absolute atomic E-state index is 0.124. The summed E-state index contributed by atoms with van der Waals surface area (Å²) in [5.41, 5.74) is 4.28. The van der Waals surface area contributed by atoms with E-state index in [4.69, 9.17) is 14.2 Å². The second kappa shape index (κ2) is 11.2. The second-order valence-electron chi connectivity index (χ2n) is 11.1. The first-order chi connectivity index (χ1) is 19.9. The topological polar surface area (TPSA) is 113 Å².